The largest absolute Gasteiger partial charge is 0.447 e. The number of urea groups is 1. The first kappa shape index (κ1) is 37.1. The normalized spacial score (nSPS) is 24.0. The lowest BCUT2D eigenvalue weighted by atomic mass is 9.80. The van der Waals surface area contributed by atoms with Gasteiger partial charge in [0, 0.05) is 13.1 Å². The highest BCUT2D eigenvalue weighted by Crippen LogP contribution is 2.65. The number of nitrogens with one attached hydrogen (secondary N) is 4. The van der Waals surface area contributed by atoms with Crippen LogP contribution in [0, 0.1) is 34.5 Å². The second-order valence-corrected chi connectivity index (χ2v) is 16.3. The molecule has 1 unspecified atom stereocenters. The van der Waals surface area contributed by atoms with Crippen LogP contribution in [0.5, 0.6) is 0 Å². The number of nitrogens with two attached hydrogens (primary N) is 1. The lowest BCUT2D eigenvalue weighted by molar-refractivity contribution is -0.144. The first-order valence-electron chi connectivity index (χ1n) is 18.0. The Morgan fingerprint density at radius 1 is 1.00 bits per heavy atom. The summed E-state index contributed by atoms with van der Waals surface area (Å²) >= 11 is 0. The Balaban J connectivity index is 1.38. The third-order valence-electron chi connectivity index (χ3n) is 11.6. The lowest BCUT2D eigenvalue weighted by Gasteiger charge is -2.36. The lowest BCUT2D eigenvalue weighted by Crippen LogP contribution is -2.61. The van der Waals surface area contributed by atoms with Gasteiger partial charge < -0.3 is 36.6 Å². The zero-order valence-electron chi connectivity index (χ0n) is 30.2. The van der Waals surface area contributed by atoms with Gasteiger partial charge in [0.25, 0.3) is 5.91 Å². The van der Waals surface area contributed by atoms with Crippen LogP contribution in [0.4, 0.5) is 9.59 Å². The second kappa shape index (κ2) is 14.6. The maximum absolute atomic E-state index is 14.7. The number of hydrogen-bond donors (Lipinski definition) is 5. The number of benzene rings is 1. The molecular formula is C37H54N6O7. The molecule has 1 aromatic rings. The van der Waals surface area contributed by atoms with Crippen molar-refractivity contribution in [1.29, 1.82) is 0 Å². The monoisotopic (exact) mass is 694 g/mol. The van der Waals surface area contributed by atoms with E-state index in [1.54, 1.807) is 11.8 Å². The number of amides is 6. The molecule has 1 heterocycles. The number of carbonyl (C=O) groups is 6. The minimum atomic E-state index is -1.10. The Kier molecular flexibility index (Phi) is 10.8. The fraction of sp³-hybridized carbons (Fsp3) is 0.676. The van der Waals surface area contributed by atoms with Crippen molar-refractivity contribution >= 4 is 35.6 Å². The van der Waals surface area contributed by atoms with Gasteiger partial charge >= 0.3 is 12.1 Å². The summed E-state index contributed by atoms with van der Waals surface area (Å²) in [6.45, 7) is 12.3. The van der Waals surface area contributed by atoms with Gasteiger partial charge in [0.15, 0.2) is 0 Å². The summed E-state index contributed by atoms with van der Waals surface area (Å²) in [5, 5.41) is 11.3. The predicted octanol–water partition coefficient (Wildman–Crippen LogP) is 2.44. The van der Waals surface area contributed by atoms with E-state index in [0.717, 1.165) is 30.4 Å². The van der Waals surface area contributed by atoms with Crippen molar-refractivity contribution in [2.24, 2.45) is 40.2 Å². The molecule has 1 aromatic carbocycles. The molecule has 13 nitrogen and oxygen atoms in total. The summed E-state index contributed by atoms with van der Waals surface area (Å²) in [5.41, 5.74) is 6.89. The third kappa shape index (κ3) is 7.91. The van der Waals surface area contributed by atoms with Crippen LogP contribution >= 0.6 is 0 Å². The Hall–Kier alpha value is -4.16. The van der Waals surface area contributed by atoms with Crippen molar-refractivity contribution in [3.05, 3.63) is 35.4 Å². The fourth-order valence-electron chi connectivity index (χ4n) is 8.13. The van der Waals surface area contributed by atoms with Crippen molar-refractivity contribution in [3.63, 3.8) is 0 Å². The number of primary amides is 1. The number of alkyl carbamates (subject to hydrolysis) is 1. The number of fused-ring (bicyclic) bond motifs is 2. The van der Waals surface area contributed by atoms with Crippen LogP contribution in [0.2, 0.25) is 0 Å². The molecule has 0 spiro atoms. The van der Waals surface area contributed by atoms with Crippen LogP contribution in [0.1, 0.15) is 78.4 Å². The molecule has 2 saturated carbocycles. The molecule has 0 radical (unpaired) electrons. The van der Waals surface area contributed by atoms with Crippen molar-refractivity contribution in [2.75, 3.05) is 19.7 Å². The molecule has 3 aliphatic carbocycles. The van der Waals surface area contributed by atoms with Gasteiger partial charge in [-0.3, -0.25) is 19.2 Å². The molecule has 274 valence electrons. The molecular weight excluding hydrogens is 640 g/mol. The average molecular weight is 695 g/mol. The highest BCUT2D eigenvalue weighted by atomic mass is 16.5. The molecule has 5 rings (SSSR count). The van der Waals surface area contributed by atoms with Crippen LogP contribution in [-0.2, 0) is 36.8 Å². The highest BCUT2D eigenvalue weighted by Gasteiger charge is 2.70. The zero-order valence-corrected chi connectivity index (χ0v) is 30.2. The van der Waals surface area contributed by atoms with Crippen molar-refractivity contribution < 1.29 is 33.5 Å². The number of Topliss-reactive ketones (excluding diaryl/α,β-unsaturated/α-hetero) is 1. The van der Waals surface area contributed by atoms with Gasteiger partial charge in [-0.15, -0.1) is 0 Å². The Morgan fingerprint density at radius 3 is 2.18 bits per heavy atom. The number of rotatable bonds is 13. The van der Waals surface area contributed by atoms with Gasteiger partial charge in [0.2, 0.25) is 17.6 Å². The van der Waals surface area contributed by atoms with Crippen LogP contribution in [0.3, 0.4) is 0 Å². The number of piperidine rings is 1. The number of nitrogens with zero attached hydrogens (tertiary/aromatic N) is 1. The van der Waals surface area contributed by atoms with E-state index in [1.165, 1.54) is 0 Å². The standard InChI is InChI=1S/C37H54N6O7/c1-7-39-35(49)50-19-26(36(2,3)4)41-34(48)42-28(23-16-21-13-8-9-14-22(21)17-23)33(47)43-18-24-27(37(24,5)6)29(43)32(46)40-25(30(44)31(38)45)15-20-11-10-12-20/h8-9,13-14,20,23-29H,7,10-12,15-19H2,1-6H3,(H2,38,45)(H,39,49)(H,40,46)(H2,41,42,48)/t24-,25?,26+,27-,28-,29-/m0/s1. The van der Waals surface area contributed by atoms with Gasteiger partial charge in [-0.2, -0.15) is 0 Å². The predicted molar refractivity (Wildman–Crippen MR) is 185 cm³/mol. The quantitative estimate of drug-likeness (QED) is 0.196. The Morgan fingerprint density at radius 2 is 1.64 bits per heavy atom. The molecule has 50 heavy (non-hydrogen) atoms. The first-order valence-corrected chi connectivity index (χ1v) is 18.0. The summed E-state index contributed by atoms with van der Waals surface area (Å²) < 4.78 is 5.36. The van der Waals surface area contributed by atoms with Crippen LogP contribution < -0.4 is 27.0 Å². The molecule has 1 saturated heterocycles. The highest BCUT2D eigenvalue weighted by molar-refractivity contribution is 6.37. The van der Waals surface area contributed by atoms with E-state index in [1.807, 2.05) is 45.0 Å². The fourth-order valence-corrected chi connectivity index (χ4v) is 8.13. The third-order valence-corrected chi connectivity index (χ3v) is 11.6. The Bertz CT molecular complexity index is 1480. The SMILES string of the molecule is CCNC(=O)OC[C@@H](NC(=O)N[C@H](C(=O)N1C[C@H]2[C@@H]([C@H]1C(=O)NC(CC1CCC1)C(=O)C(N)=O)C2(C)C)C1Cc2ccccc2C1)C(C)(C)C. The zero-order chi connectivity index (χ0) is 36.5. The summed E-state index contributed by atoms with van der Waals surface area (Å²) in [7, 11) is 0. The molecule has 6 amide bonds. The summed E-state index contributed by atoms with van der Waals surface area (Å²) in [6.07, 6.45) is 3.73. The number of hydrogen-bond acceptors (Lipinski definition) is 7. The van der Waals surface area contributed by atoms with E-state index >= 15 is 0 Å². The molecule has 0 aromatic heterocycles. The number of likely N-dealkylation sites (tertiary alicyclic amines) is 1. The second-order valence-electron chi connectivity index (χ2n) is 16.3. The van der Waals surface area contributed by atoms with Gasteiger partial charge in [0.05, 0.1) is 12.1 Å². The van der Waals surface area contributed by atoms with Gasteiger partial charge in [-0.05, 0) is 71.8 Å². The topological polar surface area (TPSA) is 189 Å². The van der Waals surface area contributed by atoms with E-state index in [4.69, 9.17) is 10.5 Å². The van der Waals surface area contributed by atoms with Gasteiger partial charge in [0.1, 0.15) is 18.7 Å². The molecule has 6 atom stereocenters. The molecule has 0 bridgehead atoms. The van der Waals surface area contributed by atoms with Crippen LogP contribution in [0.15, 0.2) is 24.3 Å². The minimum absolute atomic E-state index is 0.0612. The smallest absolute Gasteiger partial charge is 0.407 e. The van der Waals surface area contributed by atoms with Gasteiger partial charge in [-0.25, -0.2) is 9.59 Å². The maximum atomic E-state index is 14.7. The van der Waals surface area contributed by atoms with Crippen molar-refractivity contribution in [1.82, 2.24) is 26.2 Å². The van der Waals surface area contributed by atoms with Crippen molar-refractivity contribution in [3.8, 4) is 0 Å². The summed E-state index contributed by atoms with van der Waals surface area (Å²) in [5.74, 6) is -2.93. The van der Waals surface area contributed by atoms with E-state index in [2.05, 4.69) is 35.1 Å². The molecule has 6 N–H and O–H groups in total. The summed E-state index contributed by atoms with van der Waals surface area (Å²) in [6, 6.07) is 3.88. The average Bonchev–Trinajstić information content (AvgIpc) is 3.39. The number of carbonyl (C=O) groups excluding carboxylic acids is 6. The van der Waals surface area contributed by atoms with Crippen LogP contribution in [-0.4, -0.2) is 84.4 Å². The van der Waals surface area contributed by atoms with Crippen LogP contribution in [0.25, 0.3) is 0 Å². The van der Waals surface area contributed by atoms with Gasteiger partial charge in [-0.1, -0.05) is 78.1 Å². The van der Waals surface area contributed by atoms with E-state index < -0.39 is 59.3 Å². The molecule has 1 aliphatic heterocycles. The first-order chi connectivity index (χ1) is 23.5. The minimum Gasteiger partial charge on any atom is -0.447 e. The summed E-state index contributed by atoms with van der Waals surface area (Å²) in [4.78, 5) is 81.0. The molecule has 4 aliphatic rings. The van der Waals surface area contributed by atoms with E-state index in [9.17, 15) is 28.8 Å². The number of ether oxygens (including phenoxy) is 1. The van der Waals surface area contributed by atoms with Crippen molar-refractivity contribution in [2.45, 2.75) is 104 Å². The van der Waals surface area contributed by atoms with E-state index in [-0.39, 0.29) is 41.6 Å². The number of ketones is 1. The maximum Gasteiger partial charge on any atom is 0.407 e. The Labute approximate surface area is 294 Å². The molecule has 13 heteroatoms. The molecule has 3 fully saturated rings. The van der Waals surface area contributed by atoms with E-state index in [0.29, 0.717) is 32.4 Å².